The van der Waals surface area contributed by atoms with Gasteiger partial charge in [0, 0.05) is 24.4 Å². The second-order valence-electron chi connectivity index (χ2n) is 5.38. The molecule has 1 N–H and O–H groups in total. The first-order valence-electron chi connectivity index (χ1n) is 6.94. The Kier molecular flexibility index (Phi) is 3.10. The maximum absolute atomic E-state index is 4.76. The lowest BCUT2D eigenvalue weighted by Gasteiger charge is -2.36. The van der Waals surface area contributed by atoms with Crippen LogP contribution >= 0.6 is 0 Å². The predicted molar refractivity (Wildman–Crippen MR) is 67.9 cm³/mol. The van der Waals surface area contributed by atoms with Crippen LogP contribution in [-0.2, 0) is 19.3 Å². The minimum Gasteiger partial charge on any atom is -0.313 e. The molecule has 1 aliphatic carbocycles. The SMILES string of the molecule is CCCc1ncc2c(n1)CC1CCCNC1C2. The van der Waals surface area contributed by atoms with Gasteiger partial charge in [-0.3, -0.25) is 0 Å². The van der Waals surface area contributed by atoms with Crippen LogP contribution in [0.1, 0.15) is 43.3 Å². The van der Waals surface area contributed by atoms with Crippen LogP contribution in [0.15, 0.2) is 6.20 Å². The number of nitrogens with zero attached hydrogens (tertiary/aromatic N) is 2. The molecule has 92 valence electrons. The van der Waals surface area contributed by atoms with Crippen molar-refractivity contribution in [1.29, 1.82) is 0 Å². The third-order valence-electron chi connectivity index (χ3n) is 4.10. The number of rotatable bonds is 2. The molecule has 1 aliphatic heterocycles. The van der Waals surface area contributed by atoms with Crippen molar-refractivity contribution < 1.29 is 0 Å². The van der Waals surface area contributed by atoms with Crippen LogP contribution in [0.2, 0.25) is 0 Å². The number of fused-ring (bicyclic) bond motifs is 2. The van der Waals surface area contributed by atoms with Crippen LogP contribution in [0.5, 0.6) is 0 Å². The van der Waals surface area contributed by atoms with Gasteiger partial charge in [-0.2, -0.15) is 0 Å². The van der Waals surface area contributed by atoms with Gasteiger partial charge in [0.25, 0.3) is 0 Å². The second kappa shape index (κ2) is 4.73. The van der Waals surface area contributed by atoms with Gasteiger partial charge in [-0.15, -0.1) is 0 Å². The van der Waals surface area contributed by atoms with E-state index in [4.69, 9.17) is 4.98 Å². The van der Waals surface area contributed by atoms with Crippen LogP contribution in [-0.4, -0.2) is 22.6 Å². The highest BCUT2D eigenvalue weighted by molar-refractivity contribution is 5.24. The molecular formula is C14H21N3. The minimum atomic E-state index is 0.678. The van der Waals surface area contributed by atoms with Crippen molar-refractivity contribution in [1.82, 2.24) is 15.3 Å². The van der Waals surface area contributed by atoms with Crippen molar-refractivity contribution in [2.24, 2.45) is 5.92 Å². The summed E-state index contributed by atoms with van der Waals surface area (Å²) in [5.41, 5.74) is 2.70. The van der Waals surface area contributed by atoms with Crippen molar-refractivity contribution in [3.8, 4) is 0 Å². The van der Waals surface area contributed by atoms with Gasteiger partial charge >= 0.3 is 0 Å². The van der Waals surface area contributed by atoms with E-state index in [-0.39, 0.29) is 0 Å². The van der Waals surface area contributed by atoms with Crippen LogP contribution in [0.3, 0.4) is 0 Å². The lowest BCUT2D eigenvalue weighted by molar-refractivity contribution is 0.260. The summed E-state index contributed by atoms with van der Waals surface area (Å²) in [4.78, 5) is 9.24. The van der Waals surface area contributed by atoms with Crippen LogP contribution < -0.4 is 5.32 Å². The number of nitrogens with one attached hydrogen (secondary N) is 1. The molecule has 3 heteroatoms. The molecular weight excluding hydrogens is 210 g/mol. The topological polar surface area (TPSA) is 37.8 Å². The lowest BCUT2D eigenvalue weighted by Crippen LogP contribution is -2.46. The van der Waals surface area contributed by atoms with E-state index < -0.39 is 0 Å². The maximum atomic E-state index is 4.76. The molecule has 1 aromatic rings. The van der Waals surface area contributed by atoms with Crippen molar-refractivity contribution >= 4 is 0 Å². The van der Waals surface area contributed by atoms with Gasteiger partial charge in [0.1, 0.15) is 5.82 Å². The summed E-state index contributed by atoms with van der Waals surface area (Å²) < 4.78 is 0. The summed E-state index contributed by atoms with van der Waals surface area (Å²) in [6.45, 7) is 3.37. The van der Waals surface area contributed by atoms with Crippen molar-refractivity contribution in [2.45, 2.75) is 51.5 Å². The van der Waals surface area contributed by atoms with Gasteiger partial charge in [0.15, 0.2) is 0 Å². The van der Waals surface area contributed by atoms with Crippen molar-refractivity contribution in [3.05, 3.63) is 23.3 Å². The molecule has 0 radical (unpaired) electrons. The van der Waals surface area contributed by atoms with Gasteiger partial charge in [0.2, 0.25) is 0 Å². The molecule has 2 atom stereocenters. The standard InChI is InChI=1S/C14H21N3/c1-2-4-14-16-9-11-8-12-10(5-3-6-15-12)7-13(11)17-14/h9-10,12,15H,2-8H2,1H3. The van der Waals surface area contributed by atoms with E-state index in [1.165, 1.54) is 30.6 Å². The number of piperidine rings is 1. The molecule has 0 spiro atoms. The quantitative estimate of drug-likeness (QED) is 0.844. The van der Waals surface area contributed by atoms with Gasteiger partial charge < -0.3 is 5.32 Å². The Balaban J connectivity index is 1.84. The fraction of sp³-hybridized carbons (Fsp3) is 0.714. The van der Waals surface area contributed by atoms with E-state index in [1.54, 1.807) is 0 Å². The summed E-state index contributed by atoms with van der Waals surface area (Å²) in [5, 5.41) is 3.65. The first-order valence-corrected chi connectivity index (χ1v) is 6.94. The summed E-state index contributed by atoms with van der Waals surface area (Å²) in [6, 6.07) is 0.678. The number of hydrogen-bond donors (Lipinski definition) is 1. The van der Waals surface area contributed by atoms with E-state index in [0.29, 0.717) is 6.04 Å². The molecule has 2 unspecified atom stereocenters. The highest BCUT2D eigenvalue weighted by atomic mass is 14.9. The zero-order valence-electron chi connectivity index (χ0n) is 10.6. The maximum Gasteiger partial charge on any atom is 0.128 e. The Hall–Kier alpha value is -0.960. The Labute approximate surface area is 103 Å². The van der Waals surface area contributed by atoms with E-state index in [1.807, 2.05) is 0 Å². The summed E-state index contributed by atoms with van der Waals surface area (Å²) in [7, 11) is 0. The highest BCUT2D eigenvalue weighted by Crippen LogP contribution is 2.29. The van der Waals surface area contributed by atoms with Gasteiger partial charge in [-0.1, -0.05) is 6.92 Å². The lowest BCUT2D eigenvalue weighted by atomic mass is 9.78. The second-order valence-corrected chi connectivity index (χ2v) is 5.38. The molecule has 2 heterocycles. The Morgan fingerprint density at radius 1 is 1.41 bits per heavy atom. The third kappa shape index (κ3) is 2.21. The first-order chi connectivity index (χ1) is 8.36. The average Bonchev–Trinajstić information content (AvgIpc) is 2.36. The van der Waals surface area contributed by atoms with Crippen LogP contribution in [0.25, 0.3) is 0 Å². The molecule has 0 amide bonds. The van der Waals surface area contributed by atoms with Gasteiger partial charge in [-0.25, -0.2) is 9.97 Å². The molecule has 1 aromatic heterocycles. The zero-order chi connectivity index (χ0) is 11.7. The molecule has 3 rings (SSSR count). The minimum absolute atomic E-state index is 0.678. The zero-order valence-corrected chi connectivity index (χ0v) is 10.6. The number of aryl methyl sites for hydroxylation is 1. The summed E-state index contributed by atoms with van der Waals surface area (Å²) in [6.07, 6.45) is 9.19. The van der Waals surface area contributed by atoms with Crippen LogP contribution in [0.4, 0.5) is 0 Å². The Morgan fingerprint density at radius 3 is 3.24 bits per heavy atom. The molecule has 17 heavy (non-hydrogen) atoms. The molecule has 0 bridgehead atoms. The van der Waals surface area contributed by atoms with E-state index in [9.17, 15) is 0 Å². The average molecular weight is 231 g/mol. The first kappa shape index (κ1) is 11.1. The third-order valence-corrected chi connectivity index (χ3v) is 4.10. The Bertz CT molecular complexity index is 402. The van der Waals surface area contributed by atoms with Crippen LogP contribution in [0, 0.1) is 5.92 Å². The van der Waals surface area contributed by atoms with Gasteiger partial charge in [-0.05, 0) is 50.1 Å². The van der Waals surface area contributed by atoms with Gasteiger partial charge in [0.05, 0.1) is 0 Å². The molecule has 0 aromatic carbocycles. The smallest absolute Gasteiger partial charge is 0.128 e. The fourth-order valence-corrected chi connectivity index (χ4v) is 3.16. The largest absolute Gasteiger partial charge is 0.313 e. The molecule has 1 fully saturated rings. The molecule has 0 saturated carbocycles. The fourth-order valence-electron chi connectivity index (χ4n) is 3.16. The highest BCUT2D eigenvalue weighted by Gasteiger charge is 2.31. The Morgan fingerprint density at radius 2 is 2.35 bits per heavy atom. The van der Waals surface area contributed by atoms with E-state index in [2.05, 4.69) is 23.4 Å². The monoisotopic (exact) mass is 231 g/mol. The molecule has 2 aliphatic rings. The van der Waals surface area contributed by atoms with Crippen molar-refractivity contribution in [3.63, 3.8) is 0 Å². The summed E-state index contributed by atoms with van der Waals surface area (Å²) >= 11 is 0. The molecule has 3 nitrogen and oxygen atoms in total. The normalized spacial score (nSPS) is 27.4. The van der Waals surface area contributed by atoms with E-state index >= 15 is 0 Å². The molecule has 1 saturated heterocycles. The van der Waals surface area contributed by atoms with Crippen molar-refractivity contribution in [2.75, 3.05) is 6.54 Å². The predicted octanol–water partition coefficient (Wildman–Crippen LogP) is 1.90. The number of aromatic nitrogens is 2. The van der Waals surface area contributed by atoms with E-state index in [0.717, 1.165) is 37.4 Å². The summed E-state index contributed by atoms with van der Waals surface area (Å²) in [5.74, 6) is 1.84. The number of hydrogen-bond acceptors (Lipinski definition) is 3.